The summed E-state index contributed by atoms with van der Waals surface area (Å²) in [5.74, 6) is -0.798. The van der Waals surface area contributed by atoms with Crippen LogP contribution >= 0.6 is 11.6 Å². The maximum atomic E-state index is 13.7. The van der Waals surface area contributed by atoms with Crippen LogP contribution in [0.3, 0.4) is 0 Å². The second kappa shape index (κ2) is 37.0. The lowest BCUT2D eigenvalue weighted by Gasteiger charge is -2.24. The molecule has 0 unspecified atom stereocenters. The van der Waals surface area contributed by atoms with E-state index in [2.05, 4.69) is 37.2 Å². The molecule has 0 aromatic heterocycles. The number of amides is 7. The van der Waals surface area contributed by atoms with Gasteiger partial charge in [-0.05, 0) is 113 Å². The summed E-state index contributed by atoms with van der Waals surface area (Å²) in [4.78, 5) is 103. The van der Waals surface area contributed by atoms with Gasteiger partial charge in [-0.25, -0.2) is 19.2 Å². The minimum Gasteiger partial charge on any atom is -0.461 e. The lowest BCUT2D eigenvalue weighted by atomic mass is 9.90. The SMILES string of the molecule is CNC(=O)NC[C@H](C)CC(=O)CC[C@H](CCCCNC(=O)OCc1ccccc1Cl)NC(=O)NC[C@@H](CC(=O)CC[C@H](CCC(=O)OCc1ccccc1)NC(=O)NC[C@@H](CC(=O)OC(C)(C)C)CC(C)C)CC(C)C. The van der Waals surface area contributed by atoms with E-state index in [0.29, 0.717) is 62.2 Å². The Morgan fingerprint density at radius 3 is 1.68 bits per heavy atom. The maximum Gasteiger partial charge on any atom is 0.407 e. The highest BCUT2D eigenvalue weighted by molar-refractivity contribution is 6.31. The minimum absolute atomic E-state index is 0.00323. The fourth-order valence-electron chi connectivity index (χ4n) is 8.59. The molecule has 0 spiro atoms. The molecule has 0 saturated carbocycles. The predicted molar refractivity (Wildman–Crippen MR) is 295 cm³/mol. The van der Waals surface area contributed by atoms with E-state index in [1.807, 2.05) is 91.8 Å². The van der Waals surface area contributed by atoms with E-state index in [9.17, 15) is 38.4 Å². The first-order valence-electron chi connectivity index (χ1n) is 27.1. The molecule has 76 heavy (non-hydrogen) atoms. The maximum absolute atomic E-state index is 13.7. The van der Waals surface area contributed by atoms with Crippen molar-refractivity contribution in [2.45, 2.75) is 176 Å². The Balaban J connectivity index is 2.07. The predicted octanol–water partition coefficient (Wildman–Crippen LogP) is 9.70. The molecule has 0 aliphatic carbocycles. The summed E-state index contributed by atoms with van der Waals surface area (Å²) in [5.41, 5.74) is 0.895. The summed E-state index contributed by atoms with van der Waals surface area (Å²) >= 11 is 6.17. The molecule has 18 nitrogen and oxygen atoms in total. The van der Waals surface area contributed by atoms with Crippen molar-refractivity contribution < 1.29 is 52.6 Å². The molecule has 7 amide bonds. The molecule has 2 rings (SSSR count). The standard InChI is InChI=1S/C57H90ClN7O11/c1-39(2)29-43(35-62-54(71)64-46(22-25-48(66)31-41(5)34-61-53(70)59-9)20-15-16-28-60-56(73)75-38-45-19-13-14-21-50(45)58)32-49(67)26-23-47(24-27-51(68)74-37-42-17-11-10-12-18-42)65-55(72)63-36-44(30-40(3)4)33-52(69)76-57(6,7)8/h10-14,17-19,21,39-41,43-44,46-47H,15-16,20,22-38H2,1-9H3,(H,60,73)(H2,59,61,70)(H2,62,64,71)(H2,63,65,72)/t41-,43-,44-,46+,47-/m1/s1. The number of ketones is 2. The molecular weight excluding hydrogens is 994 g/mol. The molecule has 0 saturated heterocycles. The topological polar surface area (TPSA) is 248 Å². The monoisotopic (exact) mass is 1080 g/mol. The highest BCUT2D eigenvalue weighted by atomic mass is 35.5. The first-order valence-corrected chi connectivity index (χ1v) is 27.5. The number of carbonyl (C=O) groups is 8. The van der Waals surface area contributed by atoms with Crippen molar-refractivity contribution in [3.8, 4) is 0 Å². The minimum atomic E-state index is -0.637. The molecule has 0 aliphatic heterocycles. The molecule has 2 aromatic carbocycles. The number of ether oxygens (including phenoxy) is 3. The molecule has 5 atom stereocenters. The zero-order valence-electron chi connectivity index (χ0n) is 46.7. The summed E-state index contributed by atoms with van der Waals surface area (Å²) in [6.45, 7) is 16.7. The first-order chi connectivity index (χ1) is 36.0. The van der Waals surface area contributed by atoms with Crippen LogP contribution in [0.5, 0.6) is 0 Å². The van der Waals surface area contributed by atoms with Crippen LogP contribution in [0, 0.1) is 29.6 Å². The van der Waals surface area contributed by atoms with Gasteiger partial charge in [0.25, 0.3) is 0 Å². The van der Waals surface area contributed by atoms with Crippen molar-refractivity contribution in [1.29, 1.82) is 0 Å². The van der Waals surface area contributed by atoms with Gasteiger partial charge in [0, 0.05) is 88.0 Å². The highest BCUT2D eigenvalue weighted by Crippen LogP contribution is 2.21. The number of halogens is 1. The zero-order chi connectivity index (χ0) is 56.5. The van der Waals surface area contributed by atoms with E-state index in [4.69, 9.17) is 25.8 Å². The number of esters is 2. The summed E-state index contributed by atoms with van der Waals surface area (Å²) in [7, 11) is 1.52. The average Bonchev–Trinajstić information content (AvgIpc) is 3.34. The number of benzene rings is 2. The Morgan fingerprint density at radius 1 is 0.566 bits per heavy atom. The summed E-state index contributed by atoms with van der Waals surface area (Å²) < 4.78 is 16.4. The number of alkyl carbamates (subject to hydrolysis) is 1. The van der Waals surface area contributed by atoms with E-state index in [0.717, 1.165) is 5.56 Å². The van der Waals surface area contributed by atoms with E-state index < -0.39 is 35.8 Å². The van der Waals surface area contributed by atoms with E-state index in [1.165, 1.54) is 7.05 Å². The second-order valence-corrected chi connectivity index (χ2v) is 22.2. The van der Waals surface area contributed by atoms with Crippen molar-refractivity contribution in [3.63, 3.8) is 0 Å². The van der Waals surface area contributed by atoms with Crippen LogP contribution < -0.4 is 37.2 Å². The van der Waals surface area contributed by atoms with Crippen molar-refractivity contribution in [2.75, 3.05) is 33.2 Å². The van der Waals surface area contributed by atoms with Gasteiger partial charge in [0.2, 0.25) is 0 Å². The van der Waals surface area contributed by atoms with Gasteiger partial charge in [-0.15, -0.1) is 0 Å². The number of unbranched alkanes of at least 4 members (excludes halogenated alkanes) is 1. The zero-order valence-corrected chi connectivity index (χ0v) is 47.5. The van der Waals surface area contributed by atoms with Crippen LogP contribution in [-0.4, -0.2) is 98.6 Å². The van der Waals surface area contributed by atoms with Crippen LogP contribution in [0.1, 0.15) is 156 Å². The van der Waals surface area contributed by atoms with Gasteiger partial charge in [0.05, 0.1) is 6.42 Å². The number of urea groups is 3. The number of hydrogen-bond donors (Lipinski definition) is 7. The van der Waals surface area contributed by atoms with Crippen LogP contribution in [0.2, 0.25) is 5.02 Å². The number of carbonyl (C=O) groups excluding carboxylic acids is 8. The Labute approximate surface area is 457 Å². The molecule has 0 fully saturated rings. The summed E-state index contributed by atoms with van der Waals surface area (Å²) in [6, 6.07) is 14.2. The van der Waals surface area contributed by atoms with Crippen molar-refractivity contribution in [2.24, 2.45) is 29.6 Å². The van der Waals surface area contributed by atoms with Gasteiger partial charge < -0.3 is 51.4 Å². The van der Waals surface area contributed by atoms with Crippen molar-refractivity contribution in [1.82, 2.24) is 37.2 Å². The molecule has 0 heterocycles. The molecule has 426 valence electrons. The van der Waals surface area contributed by atoms with Crippen LogP contribution in [0.15, 0.2) is 54.6 Å². The normalized spacial score (nSPS) is 13.3. The van der Waals surface area contributed by atoms with Gasteiger partial charge in [0.1, 0.15) is 30.4 Å². The molecule has 2 aromatic rings. The van der Waals surface area contributed by atoms with E-state index >= 15 is 0 Å². The fraction of sp³-hybridized carbons (Fsp3) is 0.649. The third-order valence-corrected chi connectivity index (χ3v) is 12.6. The average molecular weight is 1080 g/mol. The number of rotatable bonds is 36. The Kier molecular flexibility index (Phi) is 32.2. The van der Waals surface area contributed by atoms with Crippen LogP contribution in [0.4, 0.5) is 19.2 Å². The van der Waals surface area contributed by atoms with Crippen molar-refractivity contribution >= 4 is 59.3 Å². The van der Waals surface area contributed by atoms with Gasteiger partial charge in [-0.3, -0.25) is 19.2 Å². The number of Topliss-reactive ketones (excluding diaryl/α,β-unsaturated/α-hetero) is 2. The summed E-state index contributed by atoms with van der Waals surface area (Å²) in [6.07, 6.45) is 4.30. The molecule has 0 aliphatic rings. The van der Waals surface area contributed by atoms with Crippen LogP contribution in [-0.2, 0) is 46.6 Å². The smallest absolute Gasteiger partial charge is 0.407 e. The fourth-order valence-corrected chi connectivity index (χ4v) is 8.78. The van der Waals surface area contributed by atoms with Gasteiger partial charge >= 0.3 is 36.1 Å². The quantitative estimate of drug-likeness (QED) is 0.0192. The molecular formula is C57H90ClN7O11. The number of hydrogen-bond acceptors (Lipinski definition) is 11. The third-order valence-electron chi connectivity index (χ3n) is 12.2. The first kappa shape index (κ1) is 66.2. The molecule has 0 radical (unpaired) electrons. The van der Waals surface area contributed by atoms with Gasteiger partial charge in [0.15, 0.2) is 0 Å². The number of nitrogens with one attached hydrogen (secondary N) is 7. The largest absolute Gasteiger partial charge is 0.461 e. The Hall–Kier alpha value is -5.91. The highest BCUT2D eigenvalue weighted by Gasteiger charge is 2.25. The Bertz CT molecular complexity index is 2090. The second-order valence-electron chi connectivity index (χ2n) is 21.8. The van der Waals surface area contributed by atoms with E-state index in [1.54, 1.807) is 18.2 Å². The third kappa shape index (κ3) is 33.2. The van der Waals surface area contributed by atoms with Gasteiger partial charge in [-0.1, -0.05) is 94.8 Å². The Morgan fingerprint density at radius 2 is 1.11 bits per heavy atom. The van der Waals surface area contributed by atoms with Gasteiger partial charge in [-0.2, -0.15) is 0 Å². The lowest BCUT2D eigenvalue weighted by Crippen LogP contribution is -2.44. The molecule has 0 bridgehead atoms. The van der Waals surface area contributed by atoms with Crippen LogP contribution in [0.25, 0.3) is 0 Å². The van der Waals surface area contributed by atoms with E-state index in [-0.39, 0.29) is 137 Å². The summed E-state index contributed by atoms with van der Waals surface area (Å²) in [5, 5.41) is 20.3. The lowest BCUT2D eigenvalue weighted by molar-refractivity contribution is -0.156. The van der Waals surface area contributed by atoms with Crippen molar-refractivity contribution in [3.05, 3.63) is 70.7 Å². The molecule has 19 heteroatoms. The molecule has 7 N–H and O–H groups in total.